The van der Waals surface area contributed by atoms with Crippen LogP contribution in [0, 0.1) is 63.7 Å². The molecule has 3 fully saturated rings. The van der Waals surface area contributed by atoms with Crippen LogP contribution in [0.25, 0.3) is 0 Å². The second-order valence-corrected chi connectivity index (χ2v) is 6.44. The van der Waals surface area contributed by atoms with Crippen molar-refractivity contribution in [3.05, 3.63) is 63.7 Å². The maximum absolute atomic E-state index is 9.82. The summed E-state index contributed by atoms with van der Waals surface area (Å²) >= 11 is 0. The van der Waals surface area contributed by atoms with Gasteiger partial charge in [0.2, 0.25) is 0 Å². The van der Waals surface area contributed by atoms with Crippen molar-refractivity contribution in [1.82, 2.24) is 10.6 Å². The molecule has 4 N–H and O–H groups in total. The third-order valence-electron chi connectivity index (χ3n) is 4.49. The molecule has 4 nitrogen and oxygen atoms in total. The minimum Gasteiger partial charge on any atom is -0.389 e. The van der Waals surface area contributed by atoms with Gasteiger partial charge in [0.05, 0.1) is 12.2 Å². The second kappa shape index (κ2) is 13.5. The van der Waals surface area contributed by atoms with Gasteiger partial charge >= 0.3 is 17.1 Å². The van der Waals surface area contributed by atoms with Crippen molar-refractivity contribution in [2.24, 2.45) is 0 Å². The smallest absolute Gasteiger partial charge is 0.389 e. The fourth-order valence-electron chi connectivity index (χ4n) is 3.02. The van der Waals surface area contributed by atoms with Gasteiger partial charge in [-0.25, -0.2) is 0 Å². The van der Waals surface area contributed by atoms with E-state index in [1.165, 1.54) is 5.92 Å². The van der Waals surface area contributed by atoms with Gasteiger partial charge in [-0.2, -0.15) is 0 Å². The Hall–Kier alpha value is 0.359. The SMILES string of the molecule is C[C@@H]1N[C@@H](CCNCCC[C]2[CH][CH][CH][CH]2)[C@H](O)[C@@H]1O.[CH]1[CH][CH][CH][CH]1.[Fe+2]. The van der Waals surface area contributed by atoms with Gasteiger partial charge in [-0.05, 0) is 103 Å². The van der Waals surface area contributed by atoms with Crippen molar-refractivity contribution in [2.75, 3.05) is 13.1 Å². The van der Waals surface area contributed by atoms with E-state index in [4.69, 9.17) is 0 Å². The number of aliphatic hydroxyl groups is 2. The Morgan fingerprint density at radius 1 is 0.920 bits per heavy atom. The number of hydrogen-bond donors (Lipinski definition) is 4. The molecule has 0 unspecified atom stereocenters. The molecule has 0 spiro atoms. The summed E-state index contributed by atoms with van der Waals surface area (Å²) in [5, 5.41) is 26.1. The predicted octanol–water partition coefficient (Wildman–Crippen LogP) is 1.25. The maximum Gasteiger partial charge on any atom is 2.00 e. The Bertz CT molecular complexity index is 315. The van der Waals surface area contributed by atoms with Crippen LogP contribution in [-0.2, 0) is 17.1 Å². The Morgan fingerprint density at radius 2 is 1.52 bits per heavy atom. The summed E-state index contributed by atoms with van der Waals surface area (Å²) in [6.07, 6.45) is 20.3. The first-order valence-electron chi connectivity index (χ1n) is 8.88. The quantitative estimate of drug-likeness (QED) is 0.393. The van der Waals surface area contributed by atoms with E-state index in [1.807, 2.05) is 39.0 Å². The molecule has 2 aliphatic carbocycles. The molecule has 1 aliphatic heterocycles. The van der Waals surface area contributed by atoms with Crippen molar-refractivity contribution in [3.8, 4) is 0 Å². The van der Waals surface area contributed by atoms with Crippen LogP contribution < -0.4 is 10.6 Å². The van der Waals surface area contributed by atoms with Crippen molar-refractivity contribution < 1.29 is 27.3 Å². The van der Waals surface area contributed by atoms with E-state index in [0.29, 0.717) is 0 Å². The fourth-order valence-corrected chi connectivity index (χ4v) is 3.02. The van der Waals surface area contributed by atoms with Gasteiger partial charge in [0.1, 0.15) is 0 Å². The number of rotatable bonds is 7. The summed E-state index contributed by atoms with van der Waals surface area (Å²) in [7, 11) is 0. The zero-order valence-electron chi connectivity index (χ0n) is 14.8. The van der Waals surface area contributed by atoms with Gasteiger partial charge in [0, 0.05) is 12.1 Å². The van der Waals surface area contributed by atoms with Gasteiger partial charge in [0.25, 0.3) is 0 Å². The van der Waals surface area contributed by atoms with Crippen LogP contribution in [-0.4, -0.2) is 47.6 Å². The van der Waals surface area contributed by atoms with Crippen molar-refractivity contribution in [2.45, 2.75) is 50.5 Å². The second-order valence-electron chi connectivity index (χ2n) is 6.44. The molecule has 138 valence electrons. The molecule has 1 saturated heterocycles. The predicted molar refractivity (Wildman–Crippen MR) is 97.1 cm³/mol. The summed E-state index contributed by atoms with van der Waals surface area (Å²) in [5.41, 5.74) is 0. The zero-order valence-corrected chi connectivity index (χ0v) is 15.9. The van der Waals surface area contributed by atoms with E-state index >= 15 is 0 Å². The van der Waals surface area contributed by atoms with Gasteiger partial charge in [-0.1, -0.05) is 0 Å². The molecule has 2 saturated carbocycles. The monoisotopic (exact) mass is 386 g/mol. The van der Waals surface area contributed by atoms with E-state index in [9.17, 15) is 10.2 Å². The summed E-state index contributed by atoms with van der Waals surface area (Å²) < 4.78 is 0. The summed E-state index contributed by atoms with van der Waals surface area (Å²) in [4.78, 5) is 0. The van der Waals surface area contributed by atoms with E-state index in [-0.39, 0.29) is 29.2 Å². The van der Waals surface area contributed by atoms with Crippen molar-refractivity contribution in [1.29, 1.82) is 0 Å². The molecular weight excluding hydrogens is 356 g/mol. The standard InChI is InChI=1S/C15H25N2O2.C5H5.Fe/c1-11-14(18)15(19)13(17-11)8-10-16-9-4-7-12-5-2-3-6-12;1-2-4-5-3-1;/h2-3,5-6,11,13-19H,4,7-10H2,1H3;1-5H;/q;;+2/t11-,13-,14+,15-;;/m0../s1. The molecule has 0 amide bonds. The first-order valence-corrected chi connectivity index (χ1v) is 8.88. The van der Waals surface area contributed by atoms with E-state index < -0.39 is 12.2 Å². The Balaban J connectivity index is 0.000000448. The van der Waals surface area contributed by atoms with Crippen LogP contribution in [0.5, 0.6) is 0 Å². The Kier molecular flexibility index (Phi) is 12.7. The Labute approximate surface area is 165 Å². The van der Waals surface area contributed by atoms with Gasteiger partial charge in [-0.15, -0.1) is 0 Å². The molecule has 10 radical (unpaired) electrons. The molecule has 5 heteroatoms. The van der Waals surface area contributed by atoms with E-state index in [2.05, 4.69) is 36.3 Å². The molecule has 3 aliphatic rings. The van der Waals surface area contributed by atoms with Crippen LogP contribution in [0.3, 0.4) is 0 Å². The average Bonchev–Trinajstić information content (AvgIpc) is 3.33. The van der Waals surface area contributed by atoms with Crippen LogP contribution >= 0.6 is 0 Å². The molecule has 0 bridgehead atoms. The fraction of sp³-hybridized carbons (Fsp3) is 0.500. The topological polar surface area (TPSA) is 64.5 Å². The van der Waals surface area contributed by atoms with Crippen LogP contribution in [0.15, 0.2) is 0 Å². The summed E-state index contributed by atoms with van der Waals surface area (Å²) in [6, 6.07) is -0.00934. The molecule has 1 heterocycles. The molecule has 0 aromatic heterocycles. The molecular formula is C20H30FeN2O2+2. The molecule has 25 heavy (non-hydrogen) atoms. The van der Waals surface area contributed by atoms with Crippen molar-refractivity contribution >= 4 is 0 Å². The van der Waals surface area contributed by atoms with E-state index in [0.717, 1.165) is 32.4 Å². The van der Waals surface area contributed by atoms with Gasteiger partial charge < -0.3 is 20.8 Å². The van der Waals surface area contributed by atoms with Crippen molar-refractivity contribution in [3.63, 3.8) is 0 Å². The molecule has 4 atom stereocenters. The normalized spacial score (nSPS) is 32.3. The van der Waals surface area contributed by atoms with Crippen LogP contribution in [0.1, 0.15) is 26.2 Å². The summed E-state index contributed by atoms with van der Waals surface area (Å²) in [5.74, 6) is 1.40. The molecule has 0 aromatic carbocycles. The minimum absolute atomic E-state index is 0. The largest absolute Gasteiger partial charge is 2.00 e. The first-order chi connectivity index (χ1) is 11.7. The maximum atomic E-state index is 9.82. The van der Waals surface area contributed by atoms with Gasteiger partial charge in [0.15, 0.2) is 0 Å². The number of nitrogens with one attached hydrogen (secondary N) is 2. The third kappa shape index (κ3) is 8.73. The third-order valence-corrected chi connectivity index (χ3v) is 4.49. The summed E-state index contributed by atoms with van der Waals surface area (Å²) in [6.45, 7) is 3.77. The van der Waals surface area contributed by atoms with E-state index in [1.54, 1.807) is 0 Å². The number of hydrogen-bond acceptors (Lipinski definition) is 4. The van der Waals surface area contributed by atoms with Crippen LogP contribution in [0.2, 0.25) is 0 Å². The molecule has 0 aromatic rings. The Morgan fingerprint density at radius 3 is 2.04 bits per heavy atom. The average molecular weight is 386 g/mol. The van der Waals surface area contributed by atoms with Gasteiger partial charge in [-0.3, -0.25) is 0 Å². The minimum atomic E-state index is -0.638. The van der Waals surface area contributed by atoms with Crippen LogP contribution in [0.4, 0.5) is 0 Å². The first kappa shape index (κ1) is 23.4. The zero-order chi connectivity index (χ0) is 17.2. The molecule has 3 rings (SSSR count). The number of aliphatic hydroxyl groups excluding tert-OH is 2.